The molecule has 1 saturated heterocycles. The minimum absolute atomic E-state index is 0.254. The Morgan fingerprint density at radius 1 is 1.13 bits per heavy atom. The zero-order chi connectivity index (χ0) is 16.6. The molecule has 0 atom stereocenters. The summed E-state index contributed by atoms with van der Waals surface area (Å²) in [4.78, 5) is 16.0. The molecule has 1 amide bonds. The van der Waals surface area contributed by atoms with Crippen LogP contribution < -0.4 is 4.90 Å². The molecular formula is C15H22N6O2. The summed E-state index contributed by atoms with van der Waals surface area (Å²) in [5.41, 5.74) is 0.269. The molecule has 1 aliphatic rings. The second-order valence-electron chi connectivity index (χ2n) is 6.66. The molecule has 1 fully saturated rings. The van der Waals surface area contributed by atoms with Crippen molar-refractivity contribution in [2.75, 3.05) is 31.1 Å². The first-order valence-electron chi connectivity index (χ1n) is 7.75. The smallest absolute Gasteiger partial charge is 0.410 e. The standard InChI is InChI=1S/C15H22N6O2/c1-11-16-17-12-5-6-13(18-21(11)12)19-7-9-20(10-8-19)14(22)23-15(2,3)4/h5-6H,7-10H2,1-4H3. The van der Waals surface area contributed by atoms with Gasteiger partial charge in [0.15, 0.2) is 11.5 Å². The molecule has 2 aromatic heterocycles. The van der Waals surface area contributed by atoms with Gasteiger partial charge in [0.25, 0.3) is 0 Å². The molecule has 0 unspecified atom stereocenters. The van der Waals surface area contributed by atoms with Gasteiger partial charge in [-0.3, -0.25) is 0 Å². The lowest BCUT2D eigenvalue weighted by Crippen LogP contribution is -2.50. The van der Waals surface area contributed by atoms with Gasteiger partial charge in [0.2, 0.25) is 0 Å². The number of aromatic nitrogens is 4. The maximum atomic E-state index is 12.1. The molecule has 124 valence electrons. The molecular weight excluding hydrogens is 296 g/mol. The molecule has 8 nitrogen and oxygen atoms in total. The number of hydrogen-bond donors (Lipinski definition) is 0. The zero-order valence-corrected chi connectivity index (χ0v) is 14.0. The third kappa shape index (κ3) is 3.35. The highest BCUT2D eigenvalue weighted by molar-refractivity contribution is 5.68. The number of hydrogen-bond acceptors (Lipinski definition) is 6. The predicted octanol–water partition coefficient (Wildman–Crippen LogP) is 1.49. The van der Waals surface area contributed by atoms with Crippen LogP contribution in [0, 0.1) is 6.92 Å². The van der Waals surface area contributed by atoms with Crippen molar-refractivity contribution in [1.82, 2.24) is 24.7 Å². The molecule has 3 rings (SSSR count). The Hall–Kier alpha value is -2.38. The molecule has 0 N–H and O–H groups in total. The summed E-state index contributed by atoms with van der Waals surface area (Å²) in [6.45, 7) is 10.2. The number of amides is 1. The Labute approximate surface area is 135 Å². The van der Waals surface area contributed by atoms with E-state index in [2.05, 4.69) is 20.2 Å². The van der Waals surface area contributed by atoms with Crippen LogP contribution in [0.4, 0.5) is 10.6 Å². The minimum Gasteiger partial charge on any atom is -0.444 e. The molecule has 8 heteroatoms. The highest BCUT2D eigenvalue weighted by Gasteiger charge is 2.26. The number of nitrogens with zero attached hydrogens (tertiary/aromatic N) is 6. The summed E-state index contributed by atoms with van der Waals surface area (Å²) in [7, 11) is 0. The van der Waals surface area contributed by atoms with Crippen molar-refractivity contribution in [2.45, 2.75) is 33.3 Å². The van der Waals surface area contributed by atoms with E-state index in [9.17, 15) is 4.79 Å². The molecule has 0 saturated carbocycles. The average molecular weight is 318 g/mol. The quantitative estimate of drug-likeness (QED) is 0.793. The molecule has 2 aromatic rings. The van der Waals surface area contributed by atoms with E-state index in [1.165, 1.54) is 0 Å². The maximum Gasteiger partial charge on any atom is 0.410 e. The molecule has 0 aromatic carbocycles. The van der Waals surface area contributed by atoms with E-state index in [0.717, 1.165) is 30.4 Å². The Kier molecular flexibility index (Phi) is 3.83. The first-order chi connectivity index (χ1) is 10.8. The van der Waals surface area contributed by atoms with Gasteiger partial charge >= 0.3 is 6.09 Å². The van der Waals surface area contributed by atoms with Gasteiger partial charge < -0.3 is 14.5 Å². The lowest BCUT2D eigenvalue weighted by atomic mass is 10.2. The van der Waals surface area contributed by atoms with E-state index in [4.69, 9.17) is 4.74 Å². The number of carbonyl (C=O) groups is 1. The largest absolute Gasteiger partial charge is 0.444 e. The van der Waals surface area contributed by atoms with Crippen molar-refractivity contribution in [3.05, 3.63) is 18.0 Å². The maximum absolute atomic E-state index is 12.1. The van der Waals surface area contributed by atoms with Crippen LogP contribution >= 0.6 is 0 Å². The topological polar surface area (TPSA) is 75.9 Å². The molecule has 1 aliphatic heterocycles. The van der Waals surface area contributed by atoms with Crippen LogP contribution in [0.5, 0.6) is 0 Å². The minimum atomic E-state index is -0.466. The van der Waals surface area contributed by atoms with E-state index in [0.29, 0.717) is 13.1 Å². The van der Waals surface area contributed by atoms with Gasteiger partial charge in [-0.1, -0.05) is 0 Å². The second-order valence-corrected chi connectivity index (χ2v) is 6.66. The van der Waals surface area contributed by atoms with Crippen molar-refractivity contribution in [2.24, 2.45) is 0 Å². The fraction of sp³-hybridized carbons (Fsp3) is 0.600. The fourth-order valence-corrected chi connectivity index (χ4v) is 2.50. The highest BCUT2D eigenvalue weighted by Crippen LogP contribution is 2.16. The van der Waals surface area contributed by atoms with Crippen molar-refractivity contribution < 1.29 is 9.53 Å². The number of aryl methyl sites for hydroxylation is 1. The Morgan fingerprint density at radius 3 is 2.48 bits per heavy atom. The van der Waals surface area contributed by atoms with Gasteiger partial charge in [0, 0.05) is 26.2 Å². The first kappa shape index (κ1) is 15.5. The Balaban J connectivity index is 1.66. The summed E-state index contributed by atoms with van der Waals surface area (Å²) in [6.07, 6.45) is -0.254. The summed E-state index contributed by atoms with van der Waals surface area (Å²) < 4.78 is 7.15. The molecule has 0 bridgehead atoms. The number of ether oxygens (including phenoxy) is 1. The normalized spacial score (nSPS) is 16.0. The van der Waals surface area contributed by atoms with Crippen molar-refractivity contribution >= 4 is 17.6 Å². The monoisotopic (exact) mass is 318 g/mol. The van der Waals surface area contributed by atoms with E-state index in [1.807, 2.05) is 39.8 Å². The van der Waals surface area contributed by atoms with Gasteiger partial charge in [-0.05, 0) is 39.8 Å². The summed E-state index contributed by atoms with van der Waals surface area (Å²) in [5.74, 6) is 1.62. The van der Waals surface area contributed by atoms with Crippen LogP contribution in [-0.2, 0) is 4.74 Å². The SMILES string of the molecule is Cc1nnc2ccc(N3CCN(C(=O)OC(C)(C)C)CC3)nn12. The molecule has 0 radical (unpaired) electrons. The van der Waals surface area contributed by atoms with Crippen molar-refractivity contribution in [3.63, 3.8) is 0 Å². The predicted molar refractivity (Wildman–Crippen MR) is 85.5 cm³/mol. The van der Waals surface area contributed by atoms with Crippen LogP contribution in [0.3, 0.4) is 0 Å². The van der Waals surface area contributed by atoms with E-state index >= 15 is 0 Å². The van der Waals surface area contributed by atoms with Gasteiger partial charge in [0.05, 0.1) is 0 Å². The van der Waals surface area contributed by atoms with Gasteiger partial charge in [-0.2, -0.15) is 4.52 Å². The van der Waals surface area contributed by atoms with Gasteiger partial charge in [0.1, 0.15) is 11.4 Å². The van der Waals surface area contributed by atoms with Gasteiger partial charge in [-0.15, -0.1) is 15.3 Å². The van der Waals surface area contributed by atoms with Crippen molar-refractivity contribution in [3.8, 4) is 0 Å². The molecule has 0 aliphatic carbocycles. The van der Waals surface area contributed by atoms with Crippen LogP contribution in [0.25, 0.3) is 5.65 Å². The van der Waals surface area contributed by atoms with E-state index < -0.39 is 5.60 Å². The number of rotatable bonds is 1. The fourth-order valence-electron chi connectivity index (χ4n) is 2.50. The third-order valence-corrected chi connectivity index (χ3v) is 3.66. The second kappa shape index (κ2) is 5.68. The summed E-state index contributed by atoms with van der Waals surface area (Å²) >= 11 is 0. The Bertz CT molecular complexity index is 712. The lowest BCUT2D eigenvalue weighted by molar-refractivity contribution is 0.0240. The van der Waals surface area contributed by atoms with Gasteiger partial charge in [-0.25, -0.2) is 4.79 Å². The van der Waals surface area contributed by atoms with Crippen LogP contribution in [0.1, 0.15) is 26.6 Å². The van der Waals surface area contributed by atoms with Crippen LogP contribution in [-0.4, -0.2) is 62.6 Å². The molecule has 0 spiro atoms. The number of carbonyl (C=O) groups excluding carboxylic acids is 1. The summed E-state index contributed by atoms with van der Waals surface area (Å²) in [6, 6.07) is 3.84. The summed E-state index contributed by atoms with van der Waals surface area (Å²) in [5, 5.41) is 12.6. The number of anilines is 1. The molecule has 23 heavy (non-hydrogen) atoms. The van der Waals surface area contributed by atoms with Crippen LogP contribution in [0.2, 0.25) is 0 Å². The Morgan fingerprint density at radius 2 is 1.83 bits per heavy atom. The van der Waals surface area contributed by atoms with E-state index in [1.54, 1.807) is 9.42 Å². The van der Waals surface area contributed by atoms with E-state index in [-0.39, 0.29) is 6.09 Å². The highest BCUT2D eigenvalue weighted by atomic mass is 16.6. The zero-order valence-electron chi connectivity index (χ0n) is 14.0. The van der Waals surface area contributed by atoms with Crippen LogP contribution in [0.15, 0.2) is 12.1 Å². The lowest BCUT2D eigenvalue weighted by Gasteiger charge is -2.36. The number of piperazine rings is 1. The third-order valence-electron chi connectivity index (χ3n) is 3.66. The first-order valence-corrected chi connectivity index (χ1v) is 7.75. The number of fused-ring (bicyclic) bond motifs is 1. The van der Waals surface area contributed by atoms with Crippen molar-refractivity contribution in [1.29, 1.82) is 0 Å². The molecule has 3 heterocycles. The average Bonchev–Trinajstić information content (AvgIpc) is 2.87.